The third-order valence-corrected chi connectivity index (χ3v) is 8.55. The van der Waals surface area contributed by atoms with Gasteiger partial charge in [0.1, 0.15) is 0 Å². The molecule has 2 aromatic heterocycles. The van der Waals surface area contributed by atoms with Crippen molar-refractivity contribution in [1.82, 2.24) is 9.13 Å². The molecule has 2 nitrogen and oxygen atoms in total. The van der Waals surface area contributed by atoms with E-state index >= 15 is 0 Å². The molecule has 42 heavy (non-hydrogen) atoms. The summed E-state index contributed by atoms with van der Waals surface area (Å²) in [7, 11) is 0. The van der Waals surface area contributed by atoms with E-state index in [0.29, 0.717) is 0 Å². The van der Waals surface area contributed by atoms with Crippen LogP contribution in [0.1, 0.15) is 18.9 Å². The number of nitrogens with zero attached hydrogens (tertiary/aromatic N) is 2. The molecule has 0 aliphatic rings. The summed E-state index contributed by atoms with van der Waals surface area (Å²) in [6.45, 7) is 6.19. The van der Waals surface area contributed by atoms with Gasteiger partial charge in [0, 0.05) is 32.9 Å². The van der Waals surface area contributed by atoms with Crippen molar-refractivity contribution in [3.8, 4) is 11.4 Å². The van der Waals surface area contributed by atoms with Crippen LogP contribution in [0.2, 0.25) is 0 Å². The summed E-state index contributed by atoms with van der Waals surface area (Å²) in [4.78, 5) is 0. The first-order chi connectivity index (χ1) is 20.8. The molecular formula is C40H30N2. The second-order valence-corrected chi connectivity index (χ2v) is 10.9. The minimum Gasteiger partial charge on any atom is -0.309 e. The Morgan fingerprint density at radius 3 is 1.79 bits per heavy atom. The van der Waals surface area contributed by atoms with Gasteiger partial charge < -0.3 is 9.13 Å². The minimum atomic E-state index is 0.989. The van der Waals surface area contributed by atoms with E-state index in [4.69, 9.17) is 0 Å². The topological polar surface area (TPSA) is 9.86 Å². The predicted octanol–water partition coefficient (Wildman–Crippen LogP) is 11.0. The fourth-order valence-corrected chi connectivity index (χ4v) is 6.74. The van der Waals surface area contributed by atoms with E-state index in [2.05, 4.69) is 156 Å². The second kappa shape index (κ2) is 9.64. The van der Waals surface area contributed by atoms with Crippen LogP contribution in [0.25, 0.3) is 71.3 Å². The third-order valence-electron chi connectivity index (χ3n) is 8.55. The SMILES string of the molecule is C=C/C(=C\CC)c1ccc2cc(-n3c4ccccc4c4c5c6ccccc6n(-c6ccccc6)c5ccc43)ccc2c1. The molecule has 0 spiro atoms. The molecular weight excluding hydrogens is 508 g/mol. The number of hydrogen-bond donors (Lipinski definition) is 0. The van der Waals surface area contributed by atoms with E-state index in [-0.39, 0.29) is 0 Å². The highest BCUT2D eigenvalue weighted by atomic mass is 15.0. The van der Waals surface area contributed by atoms with Crippen molar-refractivity contribution in [2.24, 2.45) is 0 Å². The van der Waals surface area contributed by atoms with Gasteiger partial charge in [-0.25, -0.2) is 0 Å². The molecule has 2 heterocycles. The summed E-state index contributed by atoms with van der Waals surface area (Å²) in [5.74, 6) is 0. The molecule has 0 N–H and O–H groups in total. The van der Waals surface area contributed by atoms with Gasteiger partial charge in [0.15, 0.2) is 0 Å². The molecule has 8 aromatic rings. The number of allylic oxidation sites excluding steroid dienone is 3. The molecule has 0 aliphatic carbocycles. The molecule has 2 heteroatoms. The maximum atomic E-state index is 4.03. The smallest absolute Gasteiger partial charge is 0.0548 e. The van der Waals surface area contributed by atoms with E-state index in [1.165, 1.54) is 76.9 Å². The molecule has 0 radical (unpaired) electrons. The molecule has 200 valence electrons. The van der Waals surface area contributed by atoms with Crippen LogP contribution in [0, 0.1) is 0 Å². The largest absolute Gasteiger partial charge is 0.309 e. The van der Waals surface area contributed by atoms with Crippen molar-refractivity contribution in [2.75, 3.05) is 0 Å². The van der Waals surface area contributed by atoms with E-state index < -0.39 is 0 Å². The number of rotatable bonds is 5. The van der Waals surface area contributed by atoms with Crippen molar-refractivity contribution in [3.63, 3.8) is 0 Å². The minimum absolute atomic E-state index is 0.989. The van der Waals surface area contributed by atoms with E-state index in [1.54, 1.807) is 0 Å². The highest BCUT2D eigenvalue weighted by Gasteiger charge is 2.20. The van der Waals surface area contributed by atoms with Gasteiger partial charge in [-0.1, -0.05) is 98.5 Å². The molecule has 8 rings (SSSR count). The summed E-state index contributed by atoms with van der Waals surface area (Å²) >= 11 is 0. The highest BCUT2D eigenvalue weighted by molar-refractivity contribution is 6.28. The Bertz CT molecular complexity index is 2350. The molecule has 0 aliphatic heterocycles. The first-order valence-electron chi connectivity index (χ1n) is 14.6. The molecule has 0 bridgehead atoms. The Balaban J connectivity index is 1.43. The van der Waals surface area contributed by atoms with E-state index in [0.717, 1.165) is 6.42 Å². The predicted molar refractivity (Wildman–Crippen MR) is 181 cm³/mol. The van der Waals surface area contributed by atoms with E-state index in [9.17, 15) is 0 Å². The van der Waals surface area contributed by atoms with Crippen LogP contribution in [0.5, 0.6) is 0 Å². The number of benzene rings is 6. The lowest BCUT2D eigenvalue weighted by Gasteiger charge is -2.11. The molecule has 0 amide bonds. The summed E-state index contributed by atoms with van der Waals surface area (Å²) in [6.07, 6.45) is 5.17. The standard InChI is InChI=1S/C40H30N2/c1-3-12-27(4-2)28-19-20-30-26-32(22-21-29(30)25-28)42-36-18-11-9-16-34(36)40-38(42)24-23-37-39(40)33-15-8-10-17-35(33)41(37)31-13-6-5-7-14-31/h4-26H,2-3H2,1H3/b27-12+. The van der Waals surface area contributed by atoms with Crippen molar-refractivity contribution in [3.05, 3.63) is 152 Å². The van der Waals surface area contributed by atoms with Gasteiger partial charge in [-0.2, -0.15) is 0 Å². The van der Waals surface area contributed by atoms with Gasteiger partial charge in [-0.05, 0) is 82.9 Å². The fraction of sp³-hybridized carbons (Fsp3) is 0.0500. The van der Waals surface area contributed by atoms with Gasteiger partial charge in [0.05, 0.1) is 22.1 Å². The van der Waals surface area contributed by atoms with E-state index in [1.807, 2.05) is 6.08 Å². The normalized spacial score (nSPS) is 12.3. The maximum Gasteiger partial charge on any atom is 0.0548 e. The molecule has 6 aromatic carbocycles. The quantitative estimate of drug-likeness (QED) is 0.193. The fourth-order valence-electron chi connectivity index (χ4n) is 6.74. The first kappa shape index (κ1) is 24.5. The third kappa shape index (κ3) is 3.59. The van der Waals surface area contributed by atoms with Crippen LogP contribution in [0.4, 0.5) is 0 Å². The monoisotopic (exact) mass is 538 g/mol. The van der Waals surface area contributed by atoms with Crippen LogP contribution in [0.3, 0.4) is 0 Å². The van der Waals surface area contributed by atoms with Crippen LogP contribution in [-0.4, -0.2) is 9.13 Å². The average molecular weight is 539 g/mol. The summed E-state index contributed by atoms with van der Waals surface area (Å²) < 4.78 is 4.83. The first-order valence-corrected chi connectivity index (χ1v) is 14.6. The zero-order valence-corrected chi connectivity index (χ0v) is 23.6. The summed E-state index contributed by atoms with van der Waals surface area (Å²) in [5.41, 5.74) is 9.62. The van der Waals surface area contributed by atoms with Gasteiger partial charge in [0.2, 0.25) is 0 Å². The van der Waals surface area contributed by atoms with Gasteiger partial charge in [0.25, 0.3) is 0 Å². The molecule has 0 atom stereocenters. The Kier molecular flexibility index (Phi) is 5.61. The van der Waals surface area contributed by atoms with Crippen molar-refractivity contribution in [2.45, 2.75) is 13.3 Å². The summed E-state index contributed by atoms with van der Waals surface area (Å²) in [6, 6.07) is 46.4. The number of aromatic nitrogens is 2. The molecule has 0 saturated carbocycles. The number of para-hydroxylation sites is 3. The lowest BCUT2D eigenvalue weighted by molar-refractivity contribution is 1.17. The van der Waals surface area contributed by atoms with Crippen LogP contribution >= 0.6 is 0 Å². The lowest BCUT2D eigenvalue weighted by atomic mass is 10.00. The number of fused-ring (bicyclic) bond motifs is 8. The Morgan fingerprint density at radius 2 is 1.14 bits per heavy atom. The van der Waals surface area contributed by atoms with Crippen molar-refractivity contribution in [1.29, 1.82) is 0 Å². The van der Waals surface area contributed by atoms with Crippen LogP contribution in [0.15, 0.2) is 146 Å². The number of hydrogen-bond acceptors (Lipinski definition) is 0. The highest BCUT2D eigenvalue weighted by Crippen LogP contribution is 2.42. The molecule has 0 saturated heterocycles. The van der Waals surface area contributed by atoms with Gasteiger partial charge in [-0.15, -0.1) is 0 Å². The maximum absolute atomic E-state index is 4.03. The van der Waals surface area contributed by atoms with Crippen molar-refractivity contribution < 1.29 is 0 Å². The summed E-state index contributed by atoms with van der Waals surface area (Å²) in [5, 5.41) is 7.59. The zero-order valence-electron chi connectivity index (χ0n) is 23.6. The second-order valence-electron chi connectivity index (χ2n) is 10.9. The Morgan fingerprint density at radius 1 is 0.571 bits per heavy atom. The van der Waals surface area contributed by atoms with Crippen LogP contribution < -0.4 is 0 Å². The Labute approximate surface area is 245 Å². The Hall–Kier alpha value is -5.34. The van der Waals surface area contributed by atoms with Crippen LogP contribution in [-0.2, 0) is 0 Å². The molecule has 0 unspecified atom stereocenters. The van der Waals surface area contributed by atoms with Crippen molar-refractivity contribution >= 4 is 60.0 Å². The van der Waals surface area contributed by atoms with Gasteiger partial charge >= 0.3 is 0 Å². The average Bonchev–Trinajstić information content (AvgIpc) is 3.56. The lowest BCUT2D eigenvalue weighted by Crippen LogP contribution is -1.95. The zero-order chi connectivity index (χ0) is 28.2. The molecule has 0 fully saturated rings. The van der Waals surface area contributed by atoms with Gasteiger partial charge in [-0.3, -0.25) is 0 Å².